The summed E-state index contributed by atoms with van der Waals surface area (Å²) >= 11 is 0. The molecule has 0 spiro atoms. The number of hydrogen-bond donors (Lipinski definition) is 2. The van der Waals surface area contributed by atoms with Gasteiger partial charge in [0.15, 0.2) is 0 Å². The zero-order valence-electron chi connectivity index (χ0n) is 15.6. The van der Waals surface area contributed by atoms with E-state index in [-0.39, 0.29) is 11.8 Å². The molecule has 1 heterocycles. The van der Waals surface area contributed by atoms with Gasteiger partial charge in [-0.3, -0.25) is 9.59 Å². The molecular formula is C20H21N5O3. The van der Waals surface area contributed by atoms with Crippen LogP contribution in [0.15, 0.2) is 61.2 Å². The summed E-state index contributed by atoms with van der Waals surface area (Å²) in [5.41, 5.74) is 1.78. The molecule has 0 fully saturated rings. The second-order valence-electron chi connectivity index (χ2n) is 6.03. The van der Waals surface area contributed by atoms with Crippen molar-refractivity contribution < 1.29 is 14.3 Å². The van der Waals surface area contributed by atoms with Crippen molar-refractivity contribution in [2.45, 2.75) is 19.9 Å². The summed E-state index contributed by atoms with van der Waals surface area (Å²) in [6, 6.07) is 13.3. The molecule has 0 aliphatic rings. The highest BCUT2D eigenvalue weighted by atomic mass is 16.5. The zero-order valence-corrected chi connectivity index (χ0v) is 15.6. The Morgan fingerprint density at radius 2 is 1.68 bits per heavy atom. The lowest BCUT2D eigenvalue weighted by Crippen LogP contribution is -2.24. The van der Waals surface area contributed by atoms with Gasteiger partial charge in [-0.2, -0.15) is 5.10 Å². The number of nitrogens with one attached hydrogen (secondary N) is 2. The molecule has 0 saturated heterocycles. The molecule has 0 bridgehead atoms. The average Bonchev–Trinajstić information content (AvgIpc) is 3.24. The highest BCUT2D eigenvalue weighted by Gasteiger charge is 2.15. The fraction of sp³-hybridized carbons (Fsp3) is 0.200. The van der Waals surface area contributed by atoms with Gasteiger partial charge in [0.25, 0.3) is 5.91 Å². The Balaban J connectivity index is 1.58. The van der Waals surface area contributed by atoms with E-state index in [9.17, 15) is 9.59 Å². The first kappa shape index (κ1) is 19.1. The van der Waals surface area contributed by atoms with Crippen LogP contribution in [0.1, 0.15) is 30.2 Å². The van der Waals surface area contributed by atoms with Gasteiger partial charge in [0.1, 0.15) is 24.4 Å². The number of carbonyl (C=O) groups excluding carboxylic acids is 2. The minimum atomic E-state index is -0.485. The molecule has 3 aromatic rings. The Kier molecular flexibility index (Phi) is 6.01. The Morgan fingerprint density at radius 1 is 1.04 bits per heavy atom. The lowest BCUT2D eigenvalue weighted by Gasteiger charge is -2.12. The molecule has 2 aromatic carbocycles. The average molecular weight is 379 g/mol. The standard InChI is InChI=1S/C20H21N5O3/c1-3-28-18-10-4-15(5-11-18)20(27)24-17-8-6-16(7-9-17)23-19(26)14(2)25-13-21-12-22-25/h4-14H,3H2,1-2H3,(H,23,26)(H,24,27). The van der Waals surface area contributed by atoms with E-state index in [1.807, 2.05) is 6.92 Å². The molecule has 1 unspecified atom stereocenters. The number of rotatable bonds is 7. The first-order chi connectivity index (χ1) is 13.6. The highest BCUT2D eigenvalue weighted by molar-refractivity contribution is 6.04. The topological polar surface area (TPSA) is 98.1 Å². The van der Waals surface area contributed by atoms with E-state index in [1.54, 1.807) is 55.5 Å². The number of nitrogens with zero attached hydrogens (tertiary/aromatic N) is 3. The van der Waals surface area contributed by atoms with Crippen molar-refractivity contribution in [1.29, 1.82) is 0 Å². The van der Waals surface area contributed by atoms with Crippen LogP contribution in [0.4, 0.5) is 11.4 Å². The summed E-state index contributed by atoms with van der Waals surface area (Å²) in [5, 5.41) is 9.59. The third-order valence-electron chi connectivity index (χ3n) is 4.05. The quantitative estimate of drug-likeness (QED) is 0.657. The monoisotopic (exact) mass is 379 g/mol. The fourth-order valence-electron chi connectivity index (χ4n) is 2.49. The maximum Gasteiger partial charge on any atom is 0.255 e. The van der Waals surface area contributed by atoms with E-state index in [4.69, 9.17) is 4.74 Å². The minimum Gasteiger partial charge on any atom is -0.494 e. The van der Waals surface area contributed by atoms with E-state index in [0.717, 1.165) is 5.75 Å². The molecule has 8 heteroatoms. The molecule has 1 aromatic heterocycles. The first-order valence-electron chi connectivity index (χ1n) is 8.86. The molecule has 0 saturated carbocycles. The number of ether oxygens (including phenoxy) is 1. The lowest BCUT2D eigenvalue weighted by molar-refractivity contribution is -0.119. The normalized spacial score (nSPS) is 11.5. The van der Waals surface area contributed by atoms with Crippen LogP contribution < -0.4 is 15.4 Å². The van der Waals surface area contributed by atoms with Crippen LogP contribution >= 0.6 is 0 Å². The number of carbonyl (C=O) groups is 2. The van der Waals surface area contributed by atoms with Gasteiger partial charge in [-0.15, -0.1) is 0 Å². The summed E-state index contributed by atoms with van der Waals surface area (Å²) in [5.74, 6) is 0.288. The van der Waals surface area contributed by atoms with Crippen LogP contribution in [0.25, 0.3) is 0 Å². The number of benzene rings is 2. The maximum absolute atomic E-state index is 12.3. The maximum atomic E-state index is 12.3. The van der Waals surface area contributed by atoms with Gasteiger partial charge in [-0.05, 0) is 62.4 Å². The van der Waals surface area contributed by atoms with Gasteiger partial charge in [-0.25, -0.2) is 9.67 Å². The SMILES string of the molecule is CCOc1ccc(C(=O)Nc2ccc(NC(=O)C(C)n3cncn3)cc2)cc1. The van der Waals surface area contributed by atoms with Gasteiger partial charge in [0.05, 0.1) is 6.61 Å². The highest BCUT2D eigenvalue weighted by Crippen LogP contribution is 2.17. The van der Waals surface area contributed by atoms with Crippen LogP contribution in [0.3, 0.4) is 0 Å². The van der Waals surface area contributed by atoms with Crippen molar-refractivity contribution in [2.24, 2.45) is 0 Å². The first-order valence-corrected chi connectivity index (χ1v) is 8.86. The van der Waals surface area contributed by atoms with Crippen molar-refractivity contribution in [3.05, 3.63) is 66.7 Å². The molecule has 8 nitrogen and oxygen atoms in total. The summed E-state index contributed by atoms with van der Waals surface area (Å²) < 4.78 is 6.84. The summed E-state index contributed by atoms with van der Waals surface area (Å²) in [6.45, 7) is 4.21. The predicted molar refractivity (Wildman–Crippen MR) is 105 cm³/mol. The summed E-state index contributed by atoms with van der Waals surface area (Å²) in [7, 11) is 0. The van der Waals surface area contributed by atoms with Crippen molar-refractivity contribution in [2.75, 3.05) is 17.2 Å². The van der Waals surface area contributed by atoms with E-state index < -0.39 is 6.04 Å². The zero-order chi connectivity index (χ0) is 19.9. The molecule has 0 radical (unpaired) electrons. The molecule has 144 valence electrons. The molecule has 0 aliphatic carbocycles. The van der Waals surface area contributed by atoms with Gasteiger partial charge in [0, 0.05) is 16.9 Å². The van der Waals surface area contributed by atoms with Crippen LogP contribution in [-0.4, -0.2) is 33.2 Å². The molecule has 1 atom stereocenters. The van der Waals surface area contributed by atoms with Gasteiger partial charge >= 0.3 is 0 Å². The minimum absolute atomic E-state index is 0.211. The second kappa shape index (κ2) is 8.81. The van der Waals surface area contributed by atoms with Crippen LogP contribution in [-0.2, 0) is 4.79 Å². The third kappa shape index (κ3) is 4.73. The van der Waals surface area contributed by atoms with E-state index in [0.29, 0.717) is 23.5 Å². The van der Waals surface area contributed by atoms with Crippen molar-refractivity contribution in [3.63, 3.8) is 0 Å². The van der Waals surface area contributed by atoms with Crippen molar-refractivity contribution >= 4 is 23.2 Å². The Bertz CT molecular complexity index is 921. The lowest BCUT2D eigenvalue weighted by atomic mass is 10.2. The summed E-state index contributed by atoms with van der Waals surface area (Å²) in [4.78, 5) is 28.4. The van der Waals surface area contributed by atoms with Crippen molar-refractivity contribution in [1.82, 2.24) is 14.8 Å². The van der Waals surface area contributed by atoms with Crippen LogP contribution in [0, 0.1) is 0 Å². The van der Waals surface area contributed by atoms with Crippen molar-refractivity contribution in [3.8, 4) is 5.75 Å². The molecule has 2 amide bonds. The molecule has 0 aliphatic heterocycles. The molecular weight excluding hydrogens is 358 g/mol. The smallest absolute Gasteiger partial charge is 0.255 e. The number of anilines is 2. The van der Waals surface area contributed by atoms with Gasteiger partial charge in [-0.1, -0.05) is 0 Å². The molecule has 3 rings (SSSR count). The second-order valence-corrected chi connectivity index (χ2v) is 6.03. The number of aromatic nitrogens is 3. The predicted octanol–water partition coefficient (Wildman–Crippen LogP) is 3.13. The largest absolute Gasteiger partial charge is 0.494 e. The number of amides is 2. The van der Waals surface area contributed by atoms with E-state index in [2.05, 4.69) is 20.7 Å². The molecule has 28 heavy (non-hydrogen) atoms. The summed E-state index contributed by atoms with van der Waals surface area (Å²) in [6.07, 6.45) is 2.87. The molecule has 2 N–H and O–H groups in total. The Labute approximate surface area is 162 Å². The Morgan fingerprint density at radius 3 is 2.25 bits per heavy atom. The Hall–Kier alpha value is -3.68. The van der Waals surface area contributed by atoms with Crippen LogP contribution in [0.2, 0.25) is 0 Å². The van der Waals surface area contributed by atoms with E-state index in [1.165, 1.54) is 17.3 Å². The van der Waals surface area contributed by atoms with Gasteiger partial charge in [0.2, 0.25) is 5.91 Å². The van der Waals surface area contributed by atoms with Gasteiger partial charge < -0.3 is 15.4 Å². The fourth-order valence-corrected chi connectivity index (χ4v) is 2.49. The number of hydrogen-bond acceptors (Lipinski definition) is 5. The third-order valence-corrected chi connectivity index (χ3v) is 4.05. The van der Waals surface area contributed by atoms with Crippen LogP contribution in [0.5, 0.6) is 5.75 Å². The van der Waals surface area contributed by atoms with E-state index >= 15 is 0 Å².